The first-order valence-corrected chi connectivity index (χ1v) is 6.52. The zero-order chi connectivity index (χ0) is 14.7. The summed E-state index contributed by atoms with van der Waals surface area (Å²) >= 11 is 0. The molecule has 6 heteroatoms. The van der Waals surface area contributed by atoms with Crippen molar-refractivity contribution in [3.63, 3.8) is 0 Å². The monoisotopic (exact) mass is 282 g/mol. The molecule has 0 fully saturated rings. The van der Waals surface area contributed by atoms with Gasteiger partial charge in [0.15, 0.2) is 0 Å². The molecule has 0 radical (unpaired) electrons. The summed E-state index contributed by atoms with van der Waals surface area (Å²) in [6.45, 7) is 1.65. The number of benzene rings is 1. The van der Waals surface area contributed by atoms with E-state index in [1.54, 1.807) is 36.3 Å². The minimum Gasteiger partial charge on any atom is -0.404 e. The molecule has 1 N–H and O–H groups in total. The highest BCUT2D eigenvalue weighted by Gasteiger charge is 2.13. The van der Waals surface area contributed by atoms with Crippen LogP contribution < -0.4 is 4.74 Å². The van der Waals surface area contributed by atoms with E-state index in [-0.39, 0.29) is 6.01 Å². The lowest BCUT2D eigenvalue weighted by Gasteiger charge is -2.08. The average molecular weight is 282 g/mol. The molecule has 0 aliphatic rings. The Morgan fingerprint density at radius 3 is 2.67 bits per heavy atom. The summed E-state index contributed by atoms with van der Waals surface area (Å²) in [7, 11) is 0. The summed E-state index contributed by atoms with van der Waals surface area (Å²) in [5.74, 6) is 0.304. The maximum Gasteiger partial charge on any atom is 0.342 e. The van der Waals surface area contributed by atoms with Gasteiger partial charge in [-0.15, -0.1) is 5.10 Å². The molecule has 0 aliphatic carbocycles. The number of aliphatic hydroxyl groups is 1. The second-order valence-electron chi connectivity index (χ2n) is 4.48. The van der Waals surface area contributed by atoms with Crippen molar-refractivity contribution in [3.8, 4) is 17.6 Å². The number of nitrogens with zero attached hydrogens (tertiary/aromatic N) is 4. The summed E-state index contributed by atoms with van der Waals surface area (Å²) in [6.07, 6.45) is 2.48. The van der Waals surface area contributed by atoms with Gasteiger partial charge in [-0.2, -0.15) is 4.98 Å². The number of hydrogen-bond donors (Lipinski definition) is 1. The number of hydrogen-bond acceptors (Lipinski definition) is 5. The number of aliphatic hydroxyl groups excluding tert-OH is 1. The van der Waals surface area contributed by atoms with E-state index < -0.39 is 6.10 Å². The molecule has 3 rings (SSSR count). The fraction of sp³-hybridized carbons (Fsp3) is 0.133. The standard InChI is InChI=1S/C15H14N4O2/c1-11(20)13-8-5-9-16-14(13)21-15-17-10-19(18-15)12-6-3-2-4-7-12/h2-11,20H,1H3. The van der Waals surface area contributed by atoms with Crippen molar-refractivity contribution in [2.75, 3.05) is 0 Å². The van der Waals surface area contributed by atoms with Crippen molar-refractivity contribution >= 4 is 0 Å². The van der Waals surface area contributed by atoms with Gasteiger partial charge in [0, 0.05) is 11.8 Å². The molecule has 0 bridgehead atoms. The number of pyridine rings is 1. The number of rotatable bonds is 4. The van der Waals surface area contributed by atoms with Crippen LogP contribution in [0.25, 0.3) is 5.69 Å². The van der Waals surface area contributed by atoms with Crippen LogP contribution >= 0.6 is 0 Å². The van der Waals surface area contributed by atoms with E-state index in [9.17, 15) is 5.11 Å². The topological polar surface area (TPSA) is 73.1 Å². The Bertz CT molecular complexity index is 725. The van der Waals surface area contributed by atoms with E-state index in [1.807, 2.05) is 30.3 Å². The van der Waals surface area contributed by atoms with Crippen LogP contribution in [0, 0.1) is 0 Å². The summed E-state index contributed by atoms with van der Waals surface area (Å²) in [4.78, 5) is 8.20. The first-order chi connectivity index (χ1) is 10.2. The third-order valence-electron chi connectivity index (χ3n) is 2.93. The molecule has 21 heavy (non-hydrogen) atoms. The van der Waals surface area contributed by atoms with E-state index in [4.69, 9.17) is 4.74 Å². The molecule has 106 valence electrons. The molecule has 2 heterocycles. The highest BCUT2D eigenvalue weighted by Crippen LogP contribution is 2.25. The SMILES string of the molecule is CC(O)c1cccnc1Oc1ncn(-c2ccccc2)n1. The molecule has 0 saturated carbocycles. The van der Waals surface area contributed by atoms with Crippen molar-refractivity contribution in [2.24, 2.45) is 0 Å². The van der Waals surface area contributed by atoms with E-state index in [0.717, 1.165) is 5.69 Å². The smallest absolute Gasteiger partial charge is 0.342 e. The van der Waals surface area contributed by atoms with Gasteiger partial charge < -0.3 is 9.84 Å². The maximum atomic E-state index is 9.70. The summed E-state index contributed by atoms with van der Waals surface area (Å²) in [5, 5.41) is 13.9. The Labute approximate surface area is 121 Å². The molecule has 6 nitrogen and oxygen atoms in total. The van der Waals surface area contributed by atoms with Gasteiger partial charge in [0.25, 0.3) is 0 Å². The zero-order valence-electron chi connectivity index (χ0n) is 11.4. The molecular weight excluding hydrogens is 268 g/mol. The van der Waals surface area contributed by atoms with Crippen LogP contribution in [-0.4, -0.2) is 24.9 Å². The molecule has 0 amide bonds. The Balaban J connectivity index is 1.86. The van der Waals surface area contributed by atoms with Crippen molar-refractivity contribution in [3.05, 3.63) is 60.6 Å². The van der Waals surface area contributed by atoms with Crippen molar-refractivity contribution in [1.29, 1.82) is 0 Å². The largest absolute Gasteiger partial charge is 0.404 e. The molecule has 0 spiro atoms. The number of ether oxygens (including phenoxy) is 1. The highest BCUT2D eigenvalue weighted by molar-refractivity contribution is 5.31. The van der Waals surface area contributed by atoms with Crippen LogP contribution in [0.15, 0.2) is 55.0 Å². The Hall–Kier alpha value is -2.73. The minimum absolute atomic E-state index is 0.180. The first kappa shape index (κ1) is 13.3. The lowest BCUT2D eigenvalue weighted by molar-refractivity contribution is 0.194. The van der Waals surface area contributed by atoms with Crippen molar-refractivity contribution < 1.29 is 9.84 Å². The fourth-order valence-electron chi connectivity index (χ4n) is 1.89. The van der Waals surface area contributed by atoms with E-state index in [0.29, 0.717) is 11.4 Å². The van der Waals surface area contributed by atoms with Crippen molar-refractivity contribution in [2.45, 2.75) is 13.0 Å². The van der Waals surface area contributed by atoms with E-state index in [2.05, 4.69) is 15.1 Å². The van der Waals surface area contributed by atoms with Crippen molar-refractivity contribution in [1.82, 2.24) is 19.7 Å². The highest BCUT2D eigenvalue weighted by atomic mass is 16.5. The Kier molecular flexibility index (Phi) is 3.61. The van der Waals surface area contributed by atoms with E-state index in [1.165, 1.54) is 0 Å². The summed E-state index contributed by atoms with van der Waals surface area (Å²) < 4.78 is 7.17. The normalized spacial score (nSPS) is 12.1. The lowest BCUT2D eigenvalue weighted by Crippen LogP contribution is -1.99. The predicted octanol–water partition coefficient (Wildman–Crippen LogP) is 2.51. The van der Waals surface area contributed by atoms with Gasteiger partial charge in [-0.1, -0.05) is 18.2 Å². The van der Waals surface area contributed by atoms with Crippen LogP contribution in [0.3, 0.4) is 0 Å². The lowest BCUT2D eigenvalue weighted by atomic mass is 10.2. The molecule has 3 aromatic rings. The van der Waals surface area contributed by atoms with Gasteiger partial charge >= 0.3 is 6.01 Å². The molecule has 1 unspecified atom stereocenters. The molecule has 0 saturated heterocycles. The first-order valence-electron chi connectivity index (χ1n) is 6.52. The second kappa shape index (κ2) is 5.72. The van der Waals surface area contributed by atoms with Gasteiger partial charge in [0.2, 0.25) is 5.88 Å². The number of para-hydroxylation sites is 1. The summed E-state index contributed by atoms with van der Waals surface area (Å²) in [6, 6.07) is 13.3. The summed E-state index contributed by atoms with van der Waals surface area (Å²) in [5.41, 5.74) is 1.48. The van der Waals surface area contributed by atoms with Crippen LogP contribution in [0.1, 0.15) is 18.6 Å². The molecule has 2 aromatic heterocycles. The van der Waals surface area contributed by atoms with Crippen LogP contribution in [0.2, 0.25) is 0 Å². The fourth-order valence-corrected chi connectivity index (χ4v) is 1.89. The molecule has 1 aromatic carbocycles. The van der Waals surface area contributed by atoms with Gasteiger partial charge in [-0.25, -0.2) is 9.67 Å². The minimum atomic E-state index is -0.676. The Morgan fingerprint density at radius 1 is 1.10 bits per heavy atom. The van der Waals surface area contributed by atoms with Gasteiger partial charge in [-0.05, 0) is 31.2 Å². The Morgan fingerprint density at radius 2 is 1.90 bits per heavy atom. The quantitative estimate of drug-likeness (QED) is 0.796. The van der Waals surface area contributed by atoms with Crippen LogP contribution in [-0.2, 0) is 0 Å². The number of aromatic nitrogens is 4. The molecule has 1 atom stereocenters. The van der Waals surface area contributed by atoms with Gasteiger partial charge in [0.1, 0.15) is 6.33 Å². The van der Waals surface area contributed by atoms with Crippen LogP contribution in [0.5, 0.6) is 11.9 Å². The maximum absolute atomic E-state index is 9.70. The van der Waals surface area contributed by atoms with Gasteiger partial charge in [0.05, 0.1) is 11.8 Å². The third-order valence-corrected chi connectivity index (χ3v) is 2.93. The average Bonchev–Trinajstić information content (AvgIpc) is 2.97. The van der Waals surface area contributed by atoms with Crippen LogP contribution in [0.4, 0.5) is 0 Å². The molecular formula is C15H14N4O2. The predicted molar refractivity (Wildman–Crippen MR) is 76.3 cm³/mol. The second-order valence-corrected chi connectivity index (χ2v) is 4.48. The van der Waals surface area contributed by atoms with E-state index >= 15 is 0 Å². The molecule has 0 aliphatic heterocycles. The zero-order valence-corrected chi connectivity index (χ0v) is 11.4. The third kappa shape index (κ3) is 2.90. The van der Waals surface area contributed by atoms with Gasteiger partial charge in [-0.3, -0.25) is 0 Å².